The second kappa shape index (κ2) is 4.40. The van der Waals surface area contributed by atoms with Crippen LogP contribution in [0.15, 0.2) is 24.5 Å². The average Bonchev–Trinajstić information content (AvgIpc) is 2.36. The molecule has 6 nitrogen and oxygen atoms in total. The highest BCUT2D eigenvalue weighted by molar-refractivity contribution is 6.01. The number of carbonyl (C=O) groups is 2. The first-order valence-corrected chi connectivity index (χ1v) is 5.23. The van der Waals surface area contributed by atoms with Gasteiger partial charge in [-0.1, -0.05) is 0 Å². The van der Waals surface area contributed by atoms with E-state index in [2.05, 4.69) is 9.97 Å². The molecule has 1 heterocycles. The summed E-state index contributed by atoms with van der Waals surface area (Å²) in [6.45, 7) is 1.43. The van der Waals surface area contributed by atoms with E-state index in [0.29, 0.717) is 16.7 Å². The third-order valence-corrected chi connectivity index (χ3v) is 2.65. The fraction of sp³-hybridized carbons (Fsp3) is 0.167. The number of carbonyl (C=O) groups excluding carboxylic acids is 1. The van der Waals surface area contributed by atoms with E-state index in [1.165, 1.54) is 30.3 Å². The Kier molecular flexibility index (Phi) is 2.93. The monoisotopic (exact) mass is 245 g/mol. The van der Waals surface area contributed by atoms with Gasteiger partial charge in [-0.25, -0.2) is 14.8 Å². The summed E-state index contributed by atoms with van der Waals surface area (Å²) in [4.78, 5) is 31.7. The van der Waals surface area contributed by atoms with Crippen LogP contribution in [0.1, 0.15) is 17.3 Å². The number of hydrogen-bond donors (Lipinski definition) is 1. The molecule has 0 atom stereocenters. The largest absolute Gasteiger partial charge is 0.478 e. The lowest BCUT2D eigenvalue weighted by Crippen LogP contribution is -2.24. The summed E-state index contributed by atoms with van der Waals surface area (Å²) in [6.07, 6.45) is 1.31. The van der Waals surface area contributed by atoms with Crippen LogP contribution in [0.4, 0.5) is 5.82 Å². The molecule has 2 aromatic rings. The summed E-state index contributed by atoms with van der Waals surface area (Å²) < 4.78 is 0. The molecule has 1 aromatic heterocycles. The molecule has 0 unspecified atom stereocenters. The van der Waals surface area contributed by atoms with Gasteiger partial charge in [-0.3, -0.25) is 9.69 Å². The average molecular weight is 245 g/mol. The van der Waals surface area contributed by atoms with Crippen molar-refractivity contribution in [1.82, 2.24) is 9.97 Å². The van der Waals surface area contributed by atoms with E-state index in [9.17, 15) is 9.59 Å². The van der Waals surface area contributed by atoms with Crippen molar-refractivity contribution in [3.8, 4) is 0 Å². The van der Waals surface area contributed by atoms with E-state index < -0.39 is 5.97 Å². The first kappa shape index (κ1) is 12.0. The second-order valence-corrected chi connectivity index (χ2v) is 3.81. The zero-order chi connectivity index (χ0) is 13.3. The minimum Gasteiger partial charge on any atom is -0.478 e. The Morgan fingerprint density at radius 3 is 2.61 bits per heavy atom. The summed E-state index contributed by atoms with van der Waals surface area (Å²) in [5, 5.41) is 9.54. The number of carboxylic acid groups (broad SMARTS) is 1. The molecular formula is C12H11N3O3. The summed E-state index contributed by atoms with van der Waals surface area (Å²) in [5.74, 6) is -0.710. The Balaban J connectivity index is 2.64. The molecule has 0 saturated heterocycles. The minimum absolute atomic E-state index is 0.151. The van der Waals surface area contributed by atoms with Gasteiger partial charge in [-0.2, -0.15) is 0 Å². The Bertz CT molecular complexity index is 640. The topological polar surface area (TPSA) is 83.4 Å². The Morgan fingerprint density at radius 2 is 2.00 bits per heavy atom. The number of carboxylic acids is 1. The maximum absolute atomic E-state index is 11.3. The molecule has 2 rings (SSSR count). The number of amides is 1. The molecule has 6 heteroatoms. The van der Waals surface area contributed by atoms with E-state index >= 15 is 0 Å². The van der Waals surface area contributed by atoms with Crippen LogP contribution in [0, 0.1) is 0 Å². The fourth-order valence-electron chi connectivity index (χ4n) is 1.59. The molecule has 1 N–H and O–H groups in total. The number of aromatic nitrogens is 2. The SMILES string of the molecule is CC(=O)N(C)c1ncnc2cc(C(=O)O)ccc12. The Morgan fingerprint density at radius 1 is 1.28 bits per heavy atom. The molecule has 18 heavy (non-hydrogen) atoms. The summed E-state index contributed by atoms with van der Waals surface area (Å²) >= 11 is 0. The molecule has 0 aliphatic carbocycles. The van der Waals surface area contributed by atoms with Crippen LogP contribution >= 0.6 is 0 Å². The van der Waals surface area contributed by atoms with Gasteiger partial charge in [0.2, 0.25) is 5.91 Å². The first-order valence-electron chi connectivity index (χ1n) is 5.23. The molecular weight excluding hydrogens is 234 g/mol. The molecule has 0 radical (unpaired) electrons. The standard InChI is InChI=1S/C12H11N3O3/c1-7(16)15(2)11-9-4-3-8(12(17)18)5-10(9)13-6-14-11/h3-6H,1-2H3,(H,17,18). The van der Waals surface area contributed by atoms with Crippen molar-refractivity contribution in [2.45, 2.75) is 6.92 Å². The van der Waals surface area contributed by atoms with Gasteiger partial charge < -0.3 is 5.11 Å². The molecule has 0 aliphatic rings. The highest BCUT2D eigenvalue weighted by Gasteiger charge is 2.13. The van der Waals surface area contributed by atoms with E-state index in [0.717, 1.165) is 0 Å². The van der Waals surface area contributed by atoms with Gasteiger partial charge in [0.1, 0.15) is 12.1 Å². The van der Waals surface area contributed by atoms with E-state index in [4.69, 9.17) is 5.11 Å². The predicted molar refractivity (Wildman–Crippen MR) is 65.6 cm³/mol. The predicted octanol–water partition coefficient (Wildman–Crippen LogP) is 1.31. The molecule has 0 fully saturated rings. The lowest BCUT2D eigenvalue weighted by Gasteiger charge is -2.15. The molecule has 92 valence electrons. The smallest absolute Gasteiger partial charge is 0.335 e. The van der Waals surface area contributed by atoms with E-state index in [1.807, 2.05) is 0 Å². The zero-order valence-corrected chi connectivity index (χ0v) is 9.91. The summed E-state index contributed by atoms with van der Waals surface area (Å²) in [5.41, 5.74) is 0.644. The van der Waals surface area contributed by atoms with Crippen molar-refractivity contribution in [2.75, 3.05) is 11.9 Å². The van der Waals surface area contributed by atoms with Gasteiger partial charge in [0.25, 0.3) is 0 Å². The van der Waals surface area contributed by atoms with E-state index in [1.54, 1.807) is 13.1 Å². The maximum atomic E-state index is 11.3. The molecule has 1 aromatic carbocycles. The van der Waals surface area contributed by atoms with Crippen LogP contribution in [0.25, 0.3) is 10.9 Å². The van der Waals surface area contributed by atoms with Crippen molar-refractivity contribution >= 4 is 28.6 Å². The van der Waals surface area contributed by atoms with Gasteiger partial charge in [0.15, 0.2) is 0 Å². The zero-order valence-electron chi connectivity index (χ0n) is 9.91. The molecule has 0 spiro atoms. The quantitative estimate of drug-likeness (QED) is 0.862. The lowest BCUT2D eigenvalue weighted by molar-refractivity contribution is -0.116. The van der Waals surface area contributed by atoms with Crippen molar-refractivity contribution in [1.29, 1.82) is 0 Å². The maximum Gasteiger partial charge on any atom is 0.335 e. The van der Waals surface area contributed by atoms with Crippen LogP contribution in [0.2, 0.25) is 0 Å². The third kappa shape index (κ3) is 2.00. The highest BCUT2D eigenvalue weighted by Crippen LogP contribution is 2.23. The van der Waals surface area contributed by atoms with Crippen molar-refractivity contribution < 1.29 is 14.7 Å². The third-order valence-electron chi connectivity index (χ3n) is 2.65. The van der Waals surface area contributed by atoms with E-state index in [-0.39, 0.29) is 11.5 Å². The Hall–Kier alpha value is -2.50. The van der Waals surface area contributed by atoms with Crippen LogP contribution in [0.5, 0.6) is 0 Å². The van der Waals surface area contributed by atoms with Gasteiger partial charge >= 0.3 is 5.97 Å². The number of nitrogens with zero attached hydrogens (tertiary/aromatic N) is 3. The summed E-state index contributed by atoms with van der Waals surface area (Å²) in [6, 6.07) is 4.52. The number of aromatic carboxylic acids is 1. The van der Waals surface area contributed by atoms with Crippen LogP contribution in [-0.2, 0) is 4.79 Å². The molecule has 0 bridgehead atoms. The minimum atomic E-state index is -1.02. The number of rotatable bonds is 2. The van der Waals surface area contributed by atoms with Gasteiger partial charge in [0.05, 0.1) is 11.1 Å². The summed E-state index contributed by atoms with van der Waals surface area (Å²) in [7, 11) is 1.61. The van der Waals surface area contributed by atoms with Crippen LogP contribution in [0.3, 0.4) is 0 Å². The Labute approximate surface area is 103 Å². The first-order chi connectivity index (χ1) is 8.50. The van der Waals surface area contributed by atoms with Gasteiger partial charge in [-0.15, -0.1) is 0 Å². The highest BCUT2D eigenvalue weighted by atomic mass is 16.4. The van der Waals surface area contributed by atoms with Crippen LogP contribution in [-0.4, -0.2) is 34.0 Å². The molecule has 1 amide bonds. The van der Waals surface area contributed by atoms with Crippen molar-refractivity contribution in [3.63, 3.8) is 0 Å². The number of benzene rings is 1. The van der Waals surface area contributed by atoms with Crippen molar-refractivity contribution in [3.05, 3.63) is 30.1 Å². The van der Waals surface area contributed by atoms with Crippen molar-refractivity contribution in [2.24, 2.45) is 0 Å². The fourth-order valence-corrected chi connectivity index (χ4v) is 1.59. The lowest BCUT2D eigenvalue weighted by atomic mass is 10.1. The van der Waals surface area contributed by atoms with Gasteiger partial charge in [-0.05, 0) is 18.2 Å². The molecule has 0 saturated carbocycles. The van der Waals surface area contributed by atoms with Gasteiger partial charge in [0, 0.05) is 19.4 Å². The molecule has 0 aliphatic heterocycles. The second-order valence-electron chi connectivity index (χ2n) is 3.81. The number of hydrogen-bond acceptors (Lipinski definition) is 4. The normalized spacial score (nSPS) is 10.3. The number of fused-ring (bicyclic) bond motifs is 1. The van der Waals surface area contributed by atoms with Crippen LogP contribution < -0.4 is 4.90 Å². The number of anilines is 1.